The number of anilines is 2. The molecule has 0 saturated carbocycles. The Kier molecular flexibility index (Phi) is 3.69. The number of nitrogens with two attached hydrogens (primary N) is 2. The summed E-state index contributed by atoms with van der Waals surface area (Å²) in [7, 11) is 0. The van der Waals surface area contributed by atoms with Crippen LogP contribution in [-0.4, -0.2) is 0 Å². The largest absolute Gasteiger partial charge is 0.399 e. The number of azo groups is 1. The van der Waals surface area contributed by atoms with Gasteiger partial charge in [0.25, 0.3) is 0 Å². The van der Waals surface area contributed by atoms with Crippen molar-refractivity contribution in [2.45, 2.75) is 0 Å². The molecule has 2 rings (SSSR count). The summed E-state index contributed by atoms with van der Waals surface area (Å²) < 4.78 is 0. The van der Waals surface area contributed by atoms with Crippen LogP contribution < -0.4 is 11.5 Å². The third-order valence-corrected chi connectivity index (χ3v) is 2.78. The Bertz CT molecular complexity index is 611. The van der Waals surface area contributed by atoms with E-state index in [-0.39, 0.29) is 0 Å². The van der Waals surface area contributed by atoms with Crippen molar-refractivity contribution in [2.24, 2.45) is 10.2 Å². The van der Waals surface area contributed by atoms with Crippen molar-refractivity contribution in [1.82, 2.24) is 0 Å². The van der Waals surface area contributed by atoms with E-state index >= 15 is 0 Å². The number of benzene rings is 2. The first kappa shape index (κ1) is 12.7. The Morgan fingerprint density at radius 3 is 2.28 bits per heavy atom. The molecule has 0 bridgehead atoms. The van der Waals surface area contributed by atoms with Gasteiger partial charge in [-0.05, 0) is 36.4 Å². The number of hydrogen-bond acceptors (Lipinski definition) is 4. The Labute approximate surface area is 114 Å². The first-order chi connectivity index (χ1) is 8.56. The molecule has 0 aliphatic carbocycles. The van der Waals surface area contributed by atoms with Gasteiger partial charge in [0.2, 0.25) is 0 Å². The third kappa shape index (κ3) is 2.91. The molecule has 92 valence electrons. The minimum absolute atomic E-state index is 0.455. The molecule has 0 atom stereocenters. The lowest BCUT2D eigenvalue weighted by atomic mass is 10.2. The van der Waals surface area contributed by atoms with Crippen molar-refractivity contribution in [3.63, 3.8) is 0 Å². The topological polar surface area (TPSA) is 76.8 Å². The summed E-state index contributed by atoms with van der Waals surface area (Å²) in [4.78, 5) is 0. The average Bonchev–Trinajstić information content (AvgIpc) is 2.32. The second kappa shape index (κ2) is 5.25. The number of halogens is 2. The molecule has 0 aliphatic rings. The summed E-state index contributed by atoms with van der Waals surface area (Å²) in [6.45, 7) is 0. The Morgan fingerprint density at radius 1 is 0.833 bits per heavy atom. The number of nitrogen functional groups attached to an aromatic ring is 2. The predicted octanol–water partition coefficient (Wildman–Crippen LogP) is 4.57. The molecular weight excluding hydrogens is 271 g/mol. The summed E-state index contributed by atoms with van der Waals surface area (Å²) in [6, 6.07) is 9.97. The van der Waals surface area contributed by atoms with Gasteiger partial charge in [-0.2, -0.15) is 0 Å². The summed E-state index contributed by atoms with van der Waals surface area (Å²) in [5.41, 5.74) is 13.4. The monoisotopic (exact) mass is 280 g/mol. The van der Waals surface area contributed by atoms with E-state index in [0.29, 0.717) is 32.8 Å². The smallest absolute Gasteiger partial charge is 0.109 e. The highest BCUT2D eigenvalue weighted by atomic mass is 35.5. The zero-order valence-electron chi connectivity index (χ0n) is 9.27. The van der Waals surface area contributed by atoms with Gasteiger partial charge in [0.1, 0.15) is 11.4 Å². The summed E-state index contributed by atoms with van der Waals surface area (Å²) in [6.07, 6.45) is 0. The fraction of sp³-hybridized carbons (Fsp3) is 0. The second-order valence-electron chi connectivity index (χ2n) is 3.61. The molecule has 4 nitrogen and oxygen atoms in total. The van der Waals surface area contributed by atoms with Crippen LogP contribution in [0.2, 0.25) is 10.0 Å². The SMILES string of the molecule is Nc1ccc(/N=N/c2cc(Cl)ccc2Cl)c(N)c1. The number of nitrogens with zero attached hydrogens (tertiary/aromatic N) is 2. The maximum Gasteiger partial charge on any atom is 0.109 e. The lowest BCUT2D eigenvalue weighted by Gasteiger charge is -2.01. The molecule has 4 N–H and O–H groups in total. The zero-order valence-corrected chi connectivity index (χ0v) is 10.8. The van der Waals surface area contributed by atoms with Gasteiger partial charge in [-0.1, -0.05) is 23.2 Å². The van der Waals surface area contributed by atoms with Gasteiger partial charge in [0, 0.05) is 10.7 Å². The van der Waals surface area contributed by atoms with E-state index in [0.717, 1.165) is 0 Å². The lowest BCUT2D eigenvalue weighted by Crippen LogP contribution is -1.89. The second-order valence-corrected chi connectivity index (χ2v) is 4.46. The molecule has 0 spiro atoms. The van der Waals surface area contributed by atoms with Gasteiger partial charge in [0.15, 0.2) is 0 Å². The molecular formula is C12H10Cl2N4. The van der Waals surface area contributed by atoms with Crippen LogP contribution in [0.25, 0.3) is 0 Å². The highest BCUT2D eigenvalue weighted by Crippen LogP contribution is 2.31. The van der Waals surface area contributed by atoms with E-state index in [4.69, 9.17) is 34.7 Å². The summed E-state index contributed by atoms with van der Waals surface area (Å²) in [5, 5.41) is 9.05. The van der Waals surface area contributed by atoms with E-state index in [1.165, 1.54) is 0 Å². The normalized spacial score (nSPS) is 11.0. The quantitative estimate of drug-likeness (QED) is 0.624. The van der Waals surface area contributed by atoms with E-state index in [1.807, 2.05) is 0 Å². The van der Waals surface area contributed by atoms with E-state index in [9.17, 15) is 0 Å². The van der Waals surface area contributed by atoms with Crippen LogP contribution in [0.3, 0.4) is 0 Å². The van der Waals surface area contributed by atoms with Crippen molar-refractivity contribution in [1.29, 1.82) is 0 Å². The standard InChI is InChI=1S/C12H10Cl2N4/c13-7-1-3-9(14)12(5-7)18-17-11-4-2-8(15)6-10(11)16/h1-6H,15-16H2/b18-17+. The molecule has 18 heavy (non-hydrogen) atoms. The van der Waals surface area contributed by atoms with Gasteiger partial charge in [-0.15, -0.1) is 10.2 Å². The molecule has 0 fully saturated rings. The third-order valence-electron chi connectivity index (χ3n) is 2.23. The van der Waals surface area contributed by atoms with Crippen molar-refractivity contribution in [3.05, 3.63) is 46.4 Å². The van der Waals surface area contributed by atoms with Crippen molar-refractivity contribution < 1.29 is 0 Å². The van der Waals surface area contributed by atoms with Gasteiger partial charge < -0.3 is 11.5 Å². The minimum atomic E-state index is 0.455. The molecule has 2 aromatic carbocycles. The van der Waals surface area contributed by atoms with Crippen LogP contribution in [0.5, 0.6) is 0 Å². The van der Waals surface area contributed by atoms with Crippen molar-refractivity contribution in [2.75, 3.05) is 11.5 Å². The van der Waals surface area contributed by atoms with Crippen LogP contribution in [0.1, 0.15) is 0 Å². The van der Waals surface area contributed by atoms with E-state index < -0.39 is 0 Å². The molecule has 0 unspecified atom stereocenters. The zero-order chi connectivity index (χ0) is 13.1. The summed E-state index contributed by atoms with van der Waals surface area (Å²) in [5.74, 6) is 0. The van der Waals surface area contributed by atoms with Gasteiger partial charge >= 0.3 is 0 Å². The highest BCUT2D eigenvalue weighted by molar-refractivity contribution is 6.35. The average molecular weight is 281 g/mol. The van der Waals surface area contributed by atoms with Gasteiger partial charge in [0.05, 0.1) is 10.7 Å². The molecule has 0 aliphatic heterocycles. The van der Waals surface area contributed by atoms with Crippen LogP contribution in [-0.2, 0) is 0 Å². The first-order valence-corrected chi connectivity index (χ1v) is 5.83. The van der Waals surface area contributed by atoms with Crippen LogP contribution in [0.15, 0.2) is 46.6 Å². The molecule has 0 aromatic heterocycles. The molecule has 0 heterocycles. The van der Waals surface area contributed by atoms with Crippen LogP contribution >= 0.6 is 23.2 Å². The predicted molar refractivity (Wildman–Crippen MR) is 75.9 cm³/mol. The van der Waals surface area contributed by atoms with Gasteiger partial charge in [-0.25, -0.2) is 0 Å². The van der Waals surface area contributed by atoms with Crippen molar-refractivity contribution in [3.8, 4) is 0 Å². The van der Waals surface area contributed by atoms with Crippen LogP contribution in [0, 0.1) is 0 Å². The lowest BCUT2D eigenvalue weighted by molar-refractivity contribution is 1.23. The highest BCUT2D eigenvalue weighted by Gasteiger charge is 2.01. The Balaban J connectivity index is 2.32. The fourth-order valence-electron chi connectivity index (χ4n) is 1.33. The van der Waals surface area contributed by atoms with Crippen molar-refractivity contribution >= 4 is 46.0 Å². The minimum Gasteiger partial charge on any atom is -0.399 e. The van der Waals surface area contributed by atoms with Crippen LogP contribution in [0.4, 0.5) is 22.7 Å². The Morgan fingerprint density at radius 2 is 1.56 bits per heavy atom. The molecule has 2 aromatic rings. The first-order valence-electron chi connectivity index (χ1n) is 5.08. The maximum absolute atomic E-state index is 5.96. The summed E-state index contributed by atoms with van der Waals surface area (Å²) >= 11 is 11.8. The van der Waals surface area contributed by atoms with Gasteiger partial charge in [-0.3, -0.25) is 0 Å². The number of rotatable bonds is 2. The molecule has 0 saturated heterocycles. The van der Waals surface area contributed by atoms with E-state index in [2.05, 4.69) is 10.2 Å². The van der Waals surface area contributed by atoms with E-state index in [1.54, 1.807) is 36.4 Å². The molecule has 6 heteroatoms. The maximum atomic E-state index is 5.96. The number of hydrogen-bond donors (Lipinski definition) is 2. The molecule has 0 radical (unpaired) electrons. The molecule has 0 amide bonds. The fourth-order valence-corrected chi connectivity index (χ4v) is 1.66. The Hall–Kier alpha value is -1.78.